The Morgan fingerprint density at radius 3 is 2.21 bits per heavy atom. The fraction of sp³-hybridized carbons (Fsp3) is 0.381. The van der Waals surface area contributed by atoms with Crippen molar-refractivity contribution in [1.82, 2.24) is 0 Å². The van der Waals surface area contributed by atoms with Crippen LogP contribution in [0.5, 0.6) is 5.75 Å². The highest BCUT2D eigenvalue weighted by atomic mass is 32.2. The molecule has 1 amide bonds. The van der Waals surface area contributed by atoms with Crippen molar-refractivity contribution in [2.45, 2.75) is 40.2 Å². The molecule has 2 rings (SSSR count). The molecular formula is C21H28N2O4S. The number of carbonyl (C=O) groups is 1. The molecule has 0 spiro atoms. The number of aryl methyl sites for hydroxylation is 2. The monoisotopic (exact) mass is 404 g/mol. The summed E-state index contributed by atoms with van der Waals surface area (Å²) in [6.45, 7) is 8.14. The highest BCUT2D eigenvalue weighted by Gasteiger charge is 2.31. The number of hydrogen-bond acceptors (Lipinski definition) is 4. The van der Waals surface area contributed by atoms with Gasteiger partial charge < -0.3 is 10.1 Å². The summed E-state index contributed by atoms with van der Waals surface area (Å²) < 4.78 is 31.6. The fourth-order valence-corrected chi connectivity index (χ4v) is 4.17. The van der Waals surface area contributed by atoms with E-state index in [4.69, 9.17) is 4.74 Å². The molecule has 28 heavy (non-hydrogen) atoms. The van der Waals surface area contributed by atoms with E-state index in [1.165, 1.54) is 4.31 Å². The van der Waals surface area contributed by atoms with Gasteiger partial charge in [0.25, 0.3) is 0 Å². The lowest BCUT2D eigenvalue weighted by Gasteiger charge is -2.30. The van der Waals surface area contributed by atoms with Gasteiger partial charge in [-0.05, 0) is 74.7 Å². The normalized spacial score (nSPS) is 12.3. The van der Waals surface area contributed by atoms with Crippen LogP contribution in [0.2, 0.25) is 0 Å². The van der Waals surface area contributed by atoms with Gasteiger partial charge in [-0.2, -0.15) is 0 Å². The molecule has 0 heterocycles. The van der Waals surface area contributed by atoms with Crippen LogP contribution in [0.1, 0.15) is 31.4 Å². The van der Waals surface area contributed by atoms with Gasteiger partial charge in [-0.1, -0.05) is 13.0 Å². The Bertz CT molecular complexity index is 924. The summed E-state index contributed by atoms with van der Waals surface area (Å²) in [5.74, 6) is 0.275. The van der Waals surface area contributed by atoms with Crippen LogP contribution in [0.25, 0.3) is 0 Å². The van der Waals surface area contributed by atoms with Crippen LogP contribution >= 0.6 is 0 Å². The van der Waals surface area contributed by atoms with Gasteiger partial charge in [0, 0.05) is 5.69 Å². The van der Waals surface area contributed by atoms with E-state index >= 15 is 0 Å². The third-order valence-electron chi connectivity index (χ3n) is 4.51. The van der Waals surface area contributed by atoms with Crippen molar-refractivity contribution in [3.8, 4) is 5.75 Å². The van der Waals surface area contributed by atoms with Crippen LogP contribution in [0, 0.1) is 13.8 Å². The molecule has 0 saturated heterocycles. The third kappa shape index (κ3) is 5.25. The summed E-state index contributed by atoms with van der Waals surface area (Å²) in [7, 11) is -3.67. The number of carbonyl (C=O) groups excluding carboxylic acids is 1. The maximum atomic E-state index is 12.9. The molecule has 2 aromatic rings. The fourth-order valence-electron chi connectivity index (χ4n) is 2.96. The van der Waals surface area contributed by atoms with Crippen molar-refractivity contribution < 1.29 is 17.9 Å². The van der Waals surface area contributed by atoms with Crippen LogP contribution in [0.15, 0.2) is 42.5 Å². The topological polar surface area (TPSA) is 75.7 Å². The van der Waals surface area contributed by atoms with E-state index in [9.17, 15) is 13.2 Å². The molecule has 0 fully saturated rings. The van der Waals surface area contributed by atoms with Gasteiger partial charge in [0.15, 0.2) is 0 Å². The maximum absolute atomic E-state index is 12.9. The molecule has 0 aliphatic rings. The second-order valence-corrected chi connectivity index (χ2v) is 8.56. The highest BCUT2D eigenvalue weighted by Crippen LogP contribution is 2.26. The number of rotatable bonds is 8. The minimum atomic E-state index is -3.67. The van der Waals surface area contributed by atoms with Crippen LogP contribution in [-0.4, -0.2) is 33.2 Å². The third-order valence-corrected chi connectivity index (χ3v) is 5.69. The number of hydrogen-bond donors (Lipinski definition) is 1. The number of ether oxygens (including phenoxy) is 1. The van der Waals surface area contributed by atoms with E-state index in [1.54, 1.807) is 31.2 Å². The Labute approximate surface area is 167 Å². The highest BCUT2D eigenvalue weighted by molar-refractivity contribution is 7.92. The predicted molar refractivity (Wildman–Crippen MR) is 114 cm³/mol. The minimum Gasteiger partial charge on any atom is -0.494 e. The quantitative estimate of drug-likeness (QED) is 0.724. The molecule has 0 saturated carbocycles. The van der Waals surface area contributed by atoms with Crippen molar-refractivity contribution in [3.63, 3.8) is 0 Å². The molecular weight excluding hydrogens is 376 g/mol. The molecule has 0 aliphatic carbocycles. The van der Waals surface area contributed by atoms with Gasteiger partial charge in [0.1, 0.15) is 11.8 Å². The predicted octanol–water partition coefficient (Wildman–Crippen LogP) is 3.89. The lowest BCUT2D eigenvalue weighted by atomic mass is 10.1. The molecule has 152 valence electrons. The zero-order valence-electron chi connectivity index (χ0n) is 17.0. The number of sulfonamides is 1. The first-order valence-corrected chi connectivity index (χ1v) is 11.1. The summed E-state index contributed by atoms with van der Waals surface area (Å²) in [5, 5.41) is 2.85. The molecule has 7 heteroatoms. The Morgan fingerprint density at radius 2 is 1.71 bits per heavy atom. The van der Waals surface area contributed by atoms with Gasteiger partial charge in [-0.15, -0.1) is 0 Å². The second kappa shape index (κ2) is 9.10. The lowest BCUT2D eigenvalue weighted by Crippen LogP contribution is -2.47. The van der Waals surface area contributed by atoms with Crippen LogP contribution < -0.4 is 14.4 Å². The molecule has 0 bridgehead atoms. The van der Waals surface area contributed by atoms with Gasteiger partial charge in [-0.3, -0.25) is 9.10 Å². The number of nitrogens with one attached hydrogen (secondary N) is 1. The smallest absolute Gasteiger partial charge is 0.248 e. The summed E-state index contributed by atoms with van der Waals surface area (Å²) in [6.07, 6.45) is 1.44. The van der Waals surface area contributed by atoms with Crippen LogP contribution in [0.3, 0.4) is 0 Å². The van der Waals surface area contributed by atoms with Gasteiger partial charge in [0.05, 0.1) is 18.6 Å². The molecule has 6 nitrogen and oxygen atoms in total. The Kier molecular flexibility index (Phi) is 7.07. The zero-order valence-corrected chi connectivity index (χ0v) is 17.8. The van der Waals surface area contributed by atoms with Crippen LogP contribution in [0.4, 0.5) is 11.4 Å². The lowest BCUT2D eigenvalue weighted by molar-refractivity contribution is -0.117. The van der Waals surface area contributed by atoms with Crippen molar-refractivity contribution in [1.29, 1.82) is 0 Å². The number of amides is 1. The van der Waals surface area contributed by atoms with E-state index in [2.05, 4.69) is 5.32 Å². The van der Waals surface area contributed by atoms with Gasteiger partial charge in [0.2, 0.25) is 15.9 Å². The first kappa shape index (κ1) is 21.8. The molecule has 0 aliphatic heterocycles. The second-order valence-electron chi connectivity index (χ2n) is 6.70. The van der Waals surface area contributed by atoms with Crippen molar-refractivity contribution in [3.05, 3.63) is 53.6 Å². The Balaban J connectivity index is 2.34. The van der Waals surface area contributed by atoms with E-state index in [1.807, 2.05) is 39.0 Å². The van der Waals surface area contributed by atoms with Crippen molar-refractivity contribution in [2.24, 2.45) is 0 Å². The van der Waals surface area contributed by atoms with E-state index in [-0.39, 0.29) is 5.91 Å². The van der Waals surface area contributed by atoms with E-state index in [0.717, 1.165) is 17.4 Å². The average Bonchev–Trinajstić information content (AvgIpc) is 2.62. The first-order valence-electron chi connectivity index (χ1n) is 9.27. The van der Waals surface area contributed by atoms with Crippen molar-refractivity contribution >= 4 is 27.3 Å². The minimum absolute atomic E-state index is 0.330. The van der Waals surface area contributed by atoms with Gasteiger partial charge >= 0.3 is 0 Å². The Morgan fingerprint density at radius 1 is 1.07 bits per heavy atom. The van der Waals surface area contributed by atoms with Gasteiger partial charge in [-0.25, -0.2) is 8.42 Å². The van der Waals surface area contributed by atoms with Crippen LogP contribution in [-0.2, 0) is 14.8 Å². The average molecular weight is 405 g/mol. The standard InChI is InChI=1S/C21H28N2O4S/c1-6-20(21(24)22-17-9-8-15(3)16(4)14-17)23(28(5,25)26)18-10-12-19(13-11-18)27-7-2/h8-14,20H,6-7H2,1-5H3,(H,22,24)/t20-/m1/s1. The first-order chi connectivity index (χ1) is 13.2. The van der Waals surface area contributed by atoms with Crippen molar-refractivity contribution in [2.75, 3.05) is 22.5 Å². The summed E-state index contributed by atoms with van der Waals surface area (Å²) in [4.78, 5) is 12.9. The summed E-state index contributed by atoms with van der Waals surface area (Å²) >= 11 is 0. The van der Waals surface area contributed by atoms with E-state index < -0.39 is 16.1 Å². The number of anilines is 2. The SMILES string of the molecule is CCOc1ccc(N([C@H](CC)C(=O)Nc2ccc(C)c(C)c2)S(C)(=O)=O)cc1. The van der Waals surface area contributed by atoms with E-state index in [0.29, 0.717) is 30.2 Å². The number of benzene rings is 2. The molecule has 0 radical (unpaired) electrons. The largest absolute Gasteiger partial charge is 0.494 e. The summed E-state index contributed by atoms with van der Waals surface area (Å²) in [6, 6.07) is 11.4. The molecule has 2 aromatic carbocycles. The molecule has 0 unspecified atom stereocenters. The zero-order chi connectivity index (χ0) is 20.9. The summed E-state index contributed by atoms with van der Waals surface area (Å²) in [5.41, 5.74) is 3.24. The number of nitrogens with zero attached hydrogens (tertiary/aromatic N) is 1. The molecule has 0 aromatic heterocycles. The molecule has 1 N–H and O–H groups in total. The molecule has 1 atom stereocenters. The Hall–Kier alpha value is -2.54. The maximum Gasteiger partial charge on any atom is 0.248 e.